The lowest BCUT2D eigenvalue weighted by Gasteiger charge is -2.36. The molecule has 1 amide bonds. The minimum Gasteiger partial charge on any atom is -0.337 e. The number of likely N-dealkylation sites (tertiary alicyclic amines) is 1. The van der Waals surface area contributed by atoms with Gasteiger partial charge in [-0.2, -0.15) is 0 Å². The topological polar surface area (TPSA) is 33.2 Å². The van der Waals surface area contributed by atoms with Gasteiger partial charge >= 0.3 is 0 Å². The van der Waals surface area contributed by atoms with Crippen molar-refractivity contribution in [1.29, 1.82) is 0 Å². The van der Waals surface area contributed by atoms with E-state index in [0.29, 0.717) is 16.1 Å². The first-order valence-corrected chi connectivity index (χ1v) is 7.69. The quantitative estimate of drug-likeness (QED) is 0.793. The number of pyridine rings is 1. The number of amides is 1. The van der Waals surface area contributed by atoms with Crippen LogP contribution in [0.4, 0.5) is 0 Å². The molecule has 21 heavy (non-hydrogen) atoms. The van der Waals surface area contributed by atoms with Gasteiger partial charge in [-0.1, -0.05) is 43.6 Å². The maximum atomic E-state index is 12.6. The number of aromatic nitrogens is 1. The number of hydrogen-bond donors (Lipinski definition) is 0. The van der Waals surface area contributed by atoms with Crippen LogP contribution in [-0.4, -0.2) is 28.9 Å². The molecule has 0 radical (unpaired) electrons. The summed E-state index contributed by atoms with van der Waals surface area (Å²) >= 11 is 6.28. The standard InChI is InChI=1S/C17H19ClN2O/c1-17(2)7-9-20(10-8-17)16(21)15-11-13(18)12-5-3-4-6-14(12)19-15/h3-6,11H,7-10H2,1-2H3. The summed E-state index contributed by atoms with van der Waals surface area (Å²) in [6.07, 6.45) is 2.06. The van der Waals surface area contributed by atoms with E-state index in [1.54, 1.807) is 6.07 Å². The third kappa shape index (κ3) is 2.88. The molecule has 0 atom stereocenters. The highest BCUT2D eigenvalue weighted by molar-refractivity contribution is 6.35. The number of rotatable bonds is 1. The largest absolute Gasteiger partial charge is 0.337 e. The maximum absolute atomic E-state index is 12.6. The van der Waals surface area contributed by atoms with Gasteiger partial charge in [-0.15, -0.1) is 0 Å². The average molecular weight is 303 g/mol. The van der Waals surface area contributed by atoms with E-state index in [1.807, 2.05) is 29.2 Å². The SMILES string of the molecule is CC1(C)CCN(C(=O)c2cc(Cl)c3ccccc3n2)CC1. The summed E-state index contributed by atoms with van der Waals surface area (Å²) in [5.74, 6) is -0.0156. The van der Waals surface area contributed by atoms with Gasteiger partial charge in [0.2, 0.25) is 0 Å². The van der Waals surface area contributed by atoms with Gasteiger partial charge in [0.15, 0.2) is 0 Å². The van der Waals surface area contributed by atoms with E-state index < -0.39 is 0 Å². The van der Waals surface area contributed by atoms with E-state index in [1.165, 1.54) is 0 Å². The molecule has 2 aromatic rings. The Bertz CT molecular complexity index is 686. The summed E-state index contributed by atoms with van der Waals surface area (Å²) in [5.41, 5.74) is 1.54. The Balaban J connectivity index is 1.88. The smallest absolute Gasteiger partial charge is 0.272 e. The molecular weight excluding hydrogens is 284 g/mol. The van der Waals surface area contributed by atoms with Gasteiger partial charge in [-0.05, 0) is 30.4 Å². The van der Waals surface area contributed by atoms with Crippen LogP contribution in [0.1, 0.15) is 37.2 Å². The molecule has 3 nitrogen and oxygen atoms in total. The normalized spacial score (nSPS) is 18.0. The molecule has 1 aromatic heterocycles. The van der Waals surface area contributed by atoms with Crippen molar-refractivity contribution in [2.45, 2.75) is 26.7 Å². The highest BCUT2D eigenvalue weighted by Crippen LogP contribution is 2.30. The predicted octanol–water partition coefficient (Wildman–Crippen LogP) is 4.15. The van der Waals surface area contributed by atoms with Crippen LogP contribution in [0.15, 0.2) is 30.3 Å². The second-order valence-electron chi connectivity index (χ2n) is 6.46. The number of carbonyl (C=O) groups excluding carboxylic acids is 1. The Hall–Kier alpha value is -1.61. The lowest BCUT2D eigenvalue weighted by molar-refractivity contribution is 0.0625. The third-order valence-electron chi connectivity index (χ3n) is 4.29. The second-order valence-corrected chi connectivity index (χ2v) is 6.87. The van der Waals surface area contributed by atoms with Gasteiger partial charge in [0, 0.05) is 18.5 Å². The van der Waals surface area contributed by atoms with E-state index in [2.05, 4.69) is 18.8 Å². The molecule has 1 aliphatic heterocycles. The van der Waals surface area contributed by atoms with Crippen molar-refractivity contribution in [2.75, 3.05) is 13.1 Å². The van der Waals surface area contributed by atoms with E-state index in [4.69, 9.17) is 11.6 Å². The van der Waals surface area contributed by atoms with Gasteiger partial charge in [0.1, 0.15) is 5.69 Å². The molecular formula is C17H19ClN2O. The molecule has 4 heteroatoms. The van der Waals surface area contributed by atoms with Gasteiger partial charge in [0.25, 0.3) is 5.91 Å². The number of hydrogen-bond acceptors (Lipinski definition) is 2. The van der Waals surface area contributed by atoms with Crippen molar-refractivity contribution in [2.24, 2.45) is 5.41 Å². The van der Waals surface area contributed by atoms with Crippen LogP contribution in [0.3, 0.4) is 0 Å². The van der Waals surface area contributed by atoms with E-state index in [-0.39, 0.29) is 5.91 Å². The molecule has 0 unspecified atom stereocenters. The first-order valence-electron chi connectivity index (χ1n) is 7.31. The van der Waals surface area contributed by atoms with Crippen LogP contribution < -0.4 is 0 Å². The molecule has 0 spiro atoms. The Kier molecular flexibility index (Phi) is 3.62. The lowest BCUT2D eigenvalue weighted by atomic mass is 9.82. The maximum Gasteiger partial charge on any atom is 0.272 e. The molecule has 0 saturated carbocycles. The summed E-state index contributed by atoms with van der Waals surface area (Å²) in [7, 11) is 0. The Morgan fingerprint density at radius 3 is 2.62 bits per heavy atom. The van der Waals surface area contributed by atoms with Crippen molar-refractivity contribution >= 4 is 28.4 Å². The van der Waals surface area contributed by atoms with Crippen molar-refractivity contribution in [3.63, 3.8) is 0 Å². The van der Waals surface area contributed by atoms with E-state index >= 15 is 0 Å². The number of nitrogens with zero attached hydrogens (tertiary/aromatic N) is 2. The molecule has 110 valence electrons. The fourth-order valence-electron chi connectivity index (χ4n) is 2.72. The summed E-state index contributed by atoms with van der Waals surface area (Å²) in [5, 5.41) is 1.47. The number of carbonyl (C=O) groups is 1. The fourth-order valence-corrected chi connectivity index (χ4v) is 2.98. The minimum atomic E-state index is -0.0156. The molecule has 3 rings (SSSR count). The van der Waals surface area contributed by atoms with Crippen LogP contribution >= 0.6 is 11.6 Å². The minimum absolute atomic E-state index is 0.0156. The molecule has 0 N–H and O–H groups in total. The van der Waals surface area contributed by atoms with Crippen molar-refractivity contribution in [3.8, 4) is 0 Å². The number of halogens is 1. The van der Waals surface area contributed by atoms with Gasteiger partial charge in [0.05, 0.1) is 10.5 Å². The summed E-state index contributed by atoms with van der Waals surface area (Å²) in [6.45, 7) is 6.08. The van der Waals surface area contributed by atoms with E-state index in [0.717, 1.165) is 36.8 Å². The van der Waals surface area contributed by atoms with Crippen LogP contribution in [-0.2, 0) is 0 Å². The molecule has 1 aromatic carbocycles. The van der Waals surface area contributed by atoms with Crippen LogP contribution in [0.2, 0.25) is 5.02 Å². The third-order valence-corrected chi connectivity index (χ3v) is 4.60. The second kappa shape index (κ2) is 5.30. The zero-order valence-electron chi connectivity index (χ0n) is 12.4. The van der Waals surface area contributed by atoms with Gasteiger partial charge in [-0.3, -0.25) is 4.79 Å². The molecule has 2 heterocycles. The van der Waals surface area contributed by atoms with Crippen LogP contribution in [0, 0.1) is 5.41 Å². The van der Waals surface area contributed by atoms with E-state index in [9.17, 15) is 4.79 Å². The Morgan fingerprint density at radius 2 is 1.90 bits per heavy atom. The highest BCUT2D eigenvalue weighted by atomic mass is 35.5. The van der Waals surface area contributed by atoms with Crippen molar-refractivity contribution in [3.05, 3.63) is 41.0 Å². The van der Waals surface area contributed by atoms with Crippen LogP contribution in [0.5, 0.6) is 0 Å². The molecule has 1 fully saturated rings. The molecule has 1 aliphatic rings. The summed E-state index contributed by atoms with van der Waals surface area (Å²) < 4.78 is 0. The molecule has 1 saturated heterocycles. The summed E-state index contributed by atoms with van der Waals surface area (Å²) in [6, 6.07) is 9.32. The van der Waals surface area contributed by atoms with Crippen molar-refractivity contribution in [1.82, 2.24) is 9.88 Å². The highest BCUT2D eigenvalue weighted by Gasteiger charge is 2.29. The summed E-state index contributed by atoms with van der Waals surface area (Å²) in [4.78, 5) is 19.0. The zero-order valence-corrected chi connectivity index (χ0v) is 13.2. The predicted molar refractivity (Wildman–Crippen MR) is 85.7 cm³/mol. The fraction of sp³-hybridized carbons (Fsp3) is 0.412. The monoisotopic (exact) mass is 302 g/mol. The lowest BCUT2D eigenvalue weighted by Crippen LogP contribution is -2.41. The first kappa shape index (κ1) is 14.3. The molecule has 0 bridgehead atoms. The number of para-hydroxylation sites is 1. The molecule has 0 aliphatic carbocycles. The first-order chi connectivity index (χ1) is 9.96. The average Bonchev–Trinajstić information content (AvgIpc) is 2.46. The number of piperidine rings is 1. The number of fused-ring (bicyclic) bond motifs is 1. The van der Waals surface area contributed by atoms with Crippen molar-refractivity contribution < 1.29 is 4.79 Å². The van der Waals surface area contributed by atoms with Gasteiger partial charge < -0.3 is 4.90 Å². The Morgan fingerprint density at radius 1 is 1.24 bits per heavy atom. The Labute approximate surface area is 129 Å². The number of benzene rings is 1. The van der Waals surface area contributed by atoms with Crippen LogP contribution in [0.25, 0.3) is 10.9 Å². The van der Waals surface area contributed by atoms with Gasteiger partial charge in [-0.25, -0.2) is 4.98 Å². The zero-order chi connectivity index (χ0) is 15.0.